The highest BCUT2D eigenvalue weighted by molar-refractivity contribution is 7.48. The van der Waals surface area contributed by atoms with Gasteiger partial charge in [0.25, 0.3) is 0 Å². The number of carbonyl (C=O) groups excluding carboxylic acids is 1. The van der Waals surface area contributed by atoms with Gasteiger partial charge in [0.1, 0.15) is 0 Å². The molecular weight excluding hydrogens is 207 g/mol. The number of carbonyl (C=O) groups is 1. The van der Waals surface area contributed by atoms with E-state index in [0.29, 0.717) is 6.61 Å². The molecule has 0 aliphatic heterocycles. The lowest BCUT2D eigenvalue weighted by atomic mass is 10.1. The molecule has 0 saturated heterocycles. The molecule has 1 aromatic rings. The van der Waals surface area contributed by atoms with Crippen LogP contribution in [-0.4, -0.2) is 12.6 Å². The maximum atomic E-state index is 11.7. The van der Waals surface area contributed by atoms with E-state index in [4.69, 9.17) is 4.74 Å². The van der Waals surface area contributed by atoms with E-state index in [-0.39, 0.29) is 13.5 Å². The van der Waals surface area contributed by atoms with Crippen LogP contribution < -0.4 is 0 Å². The largest absolute Gasteiger partial charge is 0.462 e. The summed E-state index contributed by atoms with van der Waals surface area (Å²) in [5.74, 6) is 1.96. The molecular formula is C12H19O2P. The normalized spacial score (nSPS) is 11.6. The van der Waals surface area contributed by atoms with Crippen LogP contribution in [0.1, 0.15) is 42.0 Å². The number of rotatable bonds is 4. The topological polar surface area (TPSA) is 26.3 Å². The molecule has 3 heteroatoms. The van der Waals surface area contributed by atoms with E-state index < -0.39 is 0 Å². The minimum absolute atomic E-state index is 0.146. The molecule has 1 heterocycles. The van der Waals surface area contributed by atoms with Crippen molar-refractivity contribution in [2.45, 2.75) is 33.6 Å². The molecule has 1 aromatic heterocycles. The van der Waals surface area contributed by atoms with Crippen LogP contribution in [0.4, 0.5) is 0 Å². The predicted molar refractivity (Wildman–Crippen MR) is 64.8 cm³/mol. The Balaban J connectivity index is 3.12. The second-order valence-corrected chi connectivity index (χ2v) is 5.53. The van der Waals surface area contributed by atoms with Gasteiger partial charge in [-0.25, -0.2) is 4.79 Å². The molecule has 1 atom stereocenters. The van der Waals surface area contributed by atoms with E-state index in [0.717, 1.165) is 18.4 Å². The van der Waals surface area contributed by atoms with Crippen molar-refractivity contribution in [3.8, 4) is 0 Å². The molecule has 0 radical (unpaired) electrons. The molecule has 0 aliphatic carbocycles. The van der Waals surface area contributed by atoms with Crippen LogP contribution in [0.15, 0.2) is 5.80 Å². The Morgan fingerprint density at radius 3 is 2.47 bits per heavy atom. The summed E-state index contributed by atoms with van der Waals surface area (Å²) in [6.45, 7) is 8.77. The summed E-state index contributed by atoms with van der Waals surface area (Å²) in [6.07, 6.45) is 1.98. The first-order valence-electron chi connectivity index (χ1n) is 5.49. The van der Waals surface area contributed by atoms with Crippen LogP contribution >= 0.6 is 7.53 Å². The summed E-state index contributed by atoms with van der Waals surface area (Å²) in [4.78, 5) is 11.7. The Hall–Kier alpha value is -0.750. The molecule has 0 spiro atoms. The highest BCUT2D eigenvalue weighted by Crippen LogP contribution is 2.38. The van der Waals surface area contributed by atoms with Crippen molar-refractivity contribution in [1.82, 2.24) is 0 Å². The van der Waals surface area contributed by atoms with E-state index in [9.17, 15) is 4.79 Å². The molecule has 0 amide bonds. The lowest BCUT2D eigenvalue weighted by Gasteiger charge is -2.04. The van der Waals surface area contributed by atoms with Crippen LogP contribution in [-0.2, 0) is 24.2 Å². The Labute approximate surface area is 92.7 Å². The van der Waals surface area contributed by atoms with E-state index >= 15 is 0 Å². The molecule has 0 saturated carbocycles. The SMILES string of the molecule is CCOC(=O)c1cp(C)c(CC)c1CC. The molecule has 0 N–H and O–H groups in total. The molecule has 15 heavy (non-hydrogen) atoms. The second-order valence-electron chi connectivity index (χ2n) is 3.51. The molecule has 0 aromatic carbocycles. The van der Waals surface area contributed by atoms with E-state index in [1.54, 1.807) is 0 Å². The van der Waals surface area contributed by atoms with Gasteiger partial charge in [0, 0.05) is 0 Å². The molecule has 0 bridgehead atoms. The average Bonchev–Trinajstić information content (AvgIpc) is 2.54. The van der Waals surface area contributed by atoms with Crippen LogP contribution in [0, 0.1) is 0 Å². The maximum Gasteiger partial charge on any atom is 0.338 e. The minimum Gasteiger partial charge on any atom is -0.462 e. The van der Waals surface area contributed by atoms with E-state index in [1.807, 2.05) is 6.92 Å². The minimum atomic E-state index is -0.239. The smallest absolute Gasteiger partial charge is 0.338 e. The fourth-order valence-corrected chi connectivity index (χ4v) is 3.97. The van der Waals surface area contributed by atoms with Gasteiger partial charge in [-0.15, -0.1) is 7.53 Å². The predicted octanol–water partition coefficient (Wildman–Crippen LogP) is 3.51. The van der Waals surface area contributed by atoms with Crippen LogP contribution in [0.5, 0.6) is 0 Å². The van der Waals surface area contributed by atoms with E-state index in [2.05, 4.69) is 26.3 Å². The van der Waals surface area contributed by atoms with Gasteiger partial charge in [0.05, 0.1) is 12.2 Å². The Bertz CT molecular complexity index is 353. The summed E-state index contributed by atoms with van der Waals surface area (Å²) in [5.41, 5.74) is 2.05. The van der Waals surface area contributed by atoms with Crippen molar-refractivity contribution in [1.29, 1.82) is 0 Å². The zero-order valence-corrected chi connectivity index (χ0v) is 10.9. The third kappa shape index (κ3) is 2.43. The first-order valence-corrected chi connectivity index (χ1v) is 7.35. The van der Waals surface area contributed by atoms with Crippen molar-refractivity contribution in [2.75, 3.05) is 6.61 Å². The quantitative estimate of drug-likeness (QED) is 0.734. The van der Waals surface area contributed by atoms with Crippen LogP contribution in [0.3, 0.4) is 0 Å². The average molecular weight is 226 g/mol. The molecule has 0 aliphatic rings. The second kappa shape index (κ2) is 5.37. The van der Waals surface area contributed by atoms with Crippen LogP contribution in [0.2, 0.25) is 0 Å². The lowest BCUT2D eigenvalue weighted by molar-refractivity contribution is 0.0525. The number of esters is 1. The van der Waals surface area contributed by atoms with Gasteiger partial charge in [-0.3, -0.25) is 0 Å². The van der Waals surface area contributed by atoms with Crippen LogP contribution in [0.25, 0.3) is 0 Å². The summed E-state index contributed by atoms with van der Waals surface area (Å²) < 4.78 is 5.07. The Morgan fingerprint density at radius 2 is 2.00 bits per heavy atom. The van der Waals surface area contributed by atoms with Gasteiger partial charge in [0.2, 0.25) is 0 Å². The molecule has 1 rings (SSSR count). The van der Waals surface area contributed by atoms with Gasteiger partial charge in [-0.2, -0.15) is 0 Å². The van der Waals surface area contributed by atoms with E-state index in [1.165, 1.54) is 10.9 Å². The van der Waals surface area contributed by atoms with Gasteiger partial charge in [-0.05, 0) is 43.1 Å². The van der Waals surface area contributed by atoms with Crippen molar-refractivity contribution in [3.63, 3.8) is 0 Å². The maximum absolute atomic E-state index is 11.7. The molecule has 2 nitrogen and oxygen atoms in total. The zero-order chi connectivity index (χ0) is 11.4. The summed E-state index contributed by atoms with van der Waals surface area (Å²) >= 11 is 0. The summed E-state index contributed by atoms with van der Waals surface area (Å²) in [6, 6.07) is 0. The van der Waals surface area contributed by atoms with Gasteiger partial charge >= 0.3 is 5.97 Å². The number of aryl methyl sites for hydroxylation is 1. The number of hydrogen-bond acceptors (Lipinski definition) is 2. The molecule has 0 fully saturated rings. The number of hydrogen-bond donors (Lipinski definition) is 0. The fourth-order valence-electron chi connectivity index (χ4n) is 1.96. The van der Waals surface area contributed by atoms with Crippen molar-refractivity contribution in [2.24, 2.45) is 6.66 Å². The highest BCUT2D eigenvalue weighted by atomic mass is 31.1. The zero-order valence-electron chi connectivity index (χ0n) is 9.96. The Morgan fingerprint density at radius 1 is 1.33 bits per heavy atom. The van der Waals surface area contributed by atoms with Gasteiger partial charge in [-0.1, -0.05) is 13.8 Å². The Kier molecular flexibility index (Phi) is 4.41. The molecule has 84 valence electrons. The molecule has 1 unspecified atom stereocenters. The third-order valence-electron chi connectivity index (χ3n) is 2.61. The standard InChI is InChI=1S/C12H19O2P/c1-5-9-10(12(13)14-7-3)8-15(4)11(9)6-2/h8H,5-7H2,1-4H3. The highest BCUT2D eigenvalue weighted by Gasteiger charge is 2.17. The van der Waals surface area contributed by atoms with Crippen molar-refractivity contribution in [3.05, 3.63) is 22.2 Å². The first-order chi connectivity index (χ1) is 7.15. The summed E-state index contributed by atoms with van der Waals surface area (Å²) in [7, 11) is -0.239. The first kappa shape index (κ1) is 12.3. The van der Waals surface area contributed by atoms with Gasteiger partial charge < -0.3 is 4.74 Å². The van der Waals surface area contributed by atoms with Gasteiger partial charge in [0.15, 0.2) is 0 Å². The lowest BCUT2D eigenvalue weighted by Crippen LogP contribution is -2.06. The monoisotopic (exact) mass is 226 g/mol. The summed E-state index contributed by atoms with van der Waals surface area (Å²) in [5, 5.41) is 1.45. The fraction of sp³-hybridized carbons (Fsp3) is 0.583. The van der Waals surface area contributed by atoms with Crippen molar-refractivity contribution < 1.29 is 9.53 Å². The van der Waals surface area contributed by atoms with Crippen molar-refractivity contribution >= 4 is 13.5 Å². The number of ether oxygens (including phenoxy) is 1. The third-order valence-corrected chi connectivity index (χ3v) is 4.69.